The highest BCUT2D eigenvalue weighted by atomic mass is 14.8. The van der Waals surface area contributed by atoms with Crippen LogP contribution in [0.3, 0.4) is 0 Å². The minimum Gasteiger partial charge on any atom is -0.383 e. The van der Waals surface area contributed by atoms with E-state index in [4.69, 9.17) is 5.73 Å². The van der Waals surface area contributed by atoms with Crippen LogP contribution in [0.5, 0.6) is 0 Å². The van der Waals surface area contributed by atoms with Gasteiger partial charge in [0.1, 0.15) is 5.84 Å². The molecule has 0 aromatic rings. The first-order valence-corrected chi connectivity index (χ1v) is 2.53. The Morgan fingerprint density at radius 3 is 2.75 bits per heavy atom. The van der Waals surface area contributed by atoms with Crippen molar-refractivity contribution in [2.45, 2.75) is 6.92 Å². The second kappa shape index (κ2) is 4.30. The molecule has 0 aliphatic rings. The Kier molecular flexibility index (Phi) is 3.84. The van der Waals surface area contributed by atoms with Crippen LogP contribution in [0.2, 0.25) is 0 Å². The average Bonchev–Trinajstić information content (AvgIpc) is 1.83. The van der Waals surface area contributed by atoms with Crippen LogP contribution in [0.15, 0.2) is 9.98 Å². The maximum absolute atomic E-state index is 5.26. The van der Waals surface area contributed by atoms with E-state index in [2.05, 4.69) is 9.98 Å². The summed E-state index contributed by atoms with van der Waals surface area (Å²) in [6, 6.07) is 0. The van der Waals surface area contributed by atoms with Gasteiger partial charge in [-0.1, -0.05) is 0 Å². The zero-order valence-corrected chi connectivity index (χ0v) is 5.26. The third-order valence-corrected chi connectivity index (χ3v) is 0.664. The zero-order valence-electron chi connectivity index (χ0n) is 5.26. The van der Waals surface area contributed by atoms with E-state index in [1.165, 1.54) is 0 Å². The molecule has 0 heterocycles. The van der Waals surface area contributed by atoms with Gasteiger partial charge in [0.05, 0.1) is 6.21 Å². The summed E-state index contributed by atoms with van der Waals surface area (Å²) in [6.45, 7) is 2.70. The van der Waals surface area contributed by atoms with Crippen molar-refractivity contribution in [2.24, 2.45) is 15.7 Å². The number of hydrogen-bond donors (Lipinski definition) is 1. The van der Waals surface area contributed by atoms with E-state index in [0.29, 0.717) is 5.84 Å². The Morgan fingerprint density at radius 2 is 2.38 bits per heavy atom. The van der Waals surface area contributed by atoms with Crippen LogP contribution in [0.25, 0.3) is 0 Å². The van der Waals surface area contributed by atoms with Gasteiger partial charge in [-0.15, -0.1) is 0 Å². The summed E-state index contributed by atoms with van der Waals surface area (Å²) in [5.74, 6) is 0.479. The normalized spacial score (nSPS) is 13.0. The second-order valence-corrected chi connectivity index (χ2v) is 1.28. The van der Waals surface area contributed by atoms with Crippen LogP contribution in [0.4, 0.5) is 0 Å². The smallest absolute Gasteiger partial charge is 0.136 e. The summed E-state index contributed by atoms with van der Waals surface area (Å²) >= 11 is 0. The molecule has 8 heavy (non-hydrogen) atoms. The molecule has 0 amide bonds. The summed E-state index contributed by atoms with van der Waals surface area (Å²) < 4.78 is 0. The summed E-state index contributed by atoms with van der Waals surface area (Å²) in [4.78, 5) is 7.53. The molecule has 3 heteroatoms. The van der Waals surface area contributed by atoms with Crippen molar-refractivity contribution in [3.05, 3.63) is 0 Å². The molecule has 0 fully saturated rings. The molecule has 0 aliphatic heterocycles. The molecule has 2 N–H and O–H groups in total. The highest BCUT2D eigenvalue weighted by Gasteiger charge is 1.75. The zero-order chi connectivity index (χ0) is 6.41. The van der Waals surface area contributed by atoms with Gasteiger partial charge in [0.2, 0.25) is 0 Å². The molecule has 0 aromatic carbocycles. The molecule has 0 aromatic heterocycles. The predicted octanol–water partition coefficient (Wildman–Crippen LogP) is 0.0641. The number of amidine groups is 1. The lowest BCUT2D eigenvalue weighted by atomic mass is 10.6. The molecular formula is C5H11N3. The molecule has 0 saturated heterocycles. The van der Waals surface area contributed by atoms with Gasteiger partial charge < -0.3 is 5.73 Å². The van der Waals surface area contributed by atoms with E-state index in [-0.39, 0.29) is 0 Å². The molecule has 0 aliphatic carbocycles. The Bertz CT molecular complexity index is 104. The third-order valence-electron chi connectivity index (χ3n) is 0.664. The lowest BCUT2D eigenvalue weighted by Gasteiger charge is -1.83. The topological polar surface area (TPSA) is 50.7 Å². The first-order chi connectivity index (χ1) is 3.81. The van der Waals surface area contributed by atoms with Gasteiger partial charge >= 0.3 is 0 Å². The standard InChI is InChI=1S/C5H11N3/c1-3-8-4-5(6)7-2/h4H,3H2,1-2H3,(H2,6,7). The van der Waals surface area contributed by atoms with E-state index >= 15 is 0 Å². The van der Waals surface area contributed by atoms with Crippen LogP contribution in [0, 0.1) is 0 Å². The third kappa shape index (κ3) is 3.33. The van der Waals surface area contributed by atoms with Crippen LogP contribution in [-0.4, -0.2) is 25.6 Å². The Labute approximate surface area is 49.3 Å². The van der Waals surface area contributed by atoms with Crippen molar-refractivity contribution in [1.82, 2.24) is 0 Å². The summed E-state index contributed by atoms with van der Waals surface area (Å²) in [5.41, 5.74) is 5.26. The van der Waals surface area contributed by atoms with Crippen molar-refractivity contribution in [1.29, 1.82) is 0 Å². The van der Waals surface area contributed by atoms with Crippen molar-refractivity contribution < 1.29 is 0 Å². The van der Waals surface area contributed by atoms with E-state index < -0.39 is 0 Å². The first-order valence-electron chi connectivity index (χ1n) is 2.53. The quantitative estimate of drug-likeness (QED) is 0.399. The van der Waals surface area contributed by atoms with Crippen LogP contribution in [0.1, 0.15) is 6.92 Å². The van der Waals surface area contributed by atoms with Gasteiger partial charge in [0, 0.05) is 13.6 Å². The molecule has 0 atom stereocenters. The highest BCUT2D eigenvalue weighted by Crippen LogP contribution is 1.63. The Balaban J connectivity index is 3.53. The predicted molar refractivity (Wildman–Crippen MR) is 36.6 cm³/mol. The van der Waals surface area contributed by atoms with Gasteiger partial charge in [0.25, 0.3) is 0 Å². The maximum atomic E-state index is 5.26. The van der Waals surface area contributed by atoms with Crippen LogP contribution in [-0.2, 0) is 0 Å². The lowest BCUT2D eigenvalue weighted by Crippen LogP contribution is -2.12. The van der Waals surface area contributed by atoms with Crippen LogP contribution < -0.4 is 5.73 Å². The minimum absolute atomic E-state index is 0.479. The van der Waals surface area contributed by atoms with Crippen molar-refractivity contribution >= 4 is 12.1 Å². The van der Waals surface area contributed by atoms with Crippen molar-refractivity contribution in [3.63, 3.8) is 0 Å². The van der Waals surface area contributed by atoms with Gasteiger partial charge in [-0.25, -0.2) is 0 Å². The fraction of sp³-hybridized carbons (Fsp3) is 0.600. The lowest BCUT2D eigenvalue weighted by molar-refractivity contribution is 1.14. The number of aliphatic imine (C=N–C) groups is 2. The van der Waals surface area contributed by atoms with E-state index in [0.717, 1.165) is 6.54 Å². The SMILES string of the molecule is CCN=CC(N)=NC. The average molecular weight is 113 g/mol. The number of nitrogens with two attached hydrogens (primary N) is 1. The van der Waals surface area contributed by atoms with Crippen molar-refractivity contribution in [3.8, 4) is 0 Å². The van der Waals surface area contributed by atoms with Gasteiger partial charge in [-0.2, -0.15) is 0 Å². The Hall–Kier alpha value is -0.860. The molecule has 3 nitrogen and oxygen atoms in total. The monoisotopic (exact) mass is 113 g/mol. The fourth-order valence-electron chi connectivity index (χ4n) is 0.243. The number of rotatable bonds is 2. The molecule has 0 unspecified atom stereocenters. The van der Waals surface area contributed by atoms with Gasteiger partial charge in [0.15, 0.2) is 0 Å². The second-order valence-electron chi connectivity index (χ2n) is 1.28. The molecule has 0 rings (SSSR count). The fourth-order valence-corrected chi connectivity index (χ4v) is 0.243. The Morgan fingerprint density at radius 1 is 1.75 bits per heavy atom. The molecular weight excluding hydrogens is 102 g/mol. The van der Waals surface area contributed by atoms with Gasteiger partial charge in [-0.3, -0.25) is 9.98 Å². The van der Waals surface area contributed by atoms with E-state index in [9.17, 15) is 0 Å². The molecule has 0 radical (unpaired) electrons. The molecule has 0 bridgehead atoms. The highest BCUT2D eigenvalue weighted by molar-refractivity contribution is 6.28. The molecule has 0 saturated carbocycles. The maximum Gasteiger partial charge on any atom is 0.136 e. The summed E-state index contributed by atoms with van der Waals surface area (Å²) in [5, 5.41) is 0. The minimum atomic E-state index is 0.479. The summed E-state index contributed by atoms with van der Waals surface area (Å²) in [6.07, 6.45) is 1.56. The van der Waals surface area contributed by atoms with Gasteiger partial charge in [-0.05, 0) is 6.92 Å². The first kappa shape index (κ1) is 7.14. The number of nitrogens with zero attached hydrogens (tertiary/aromatic N) is 2. The van der Waals surface area contributed by atoms with E-state index in [1.807, 2.05) is 6.92 Å². The molecule has 0 spiro atoms. The molecule has 46 valence electrons. The van der Waals surface area contributed by atoms with Crippen LogP contribution >= 0.6 is 0 Å². The number of hydrogen-bond acceptors (Lipinski definition) is 2. The largest absolute Gasteiger partial charge is 0.383 e. The summed E-state index contributed by atoms with van der Waals surface area (Å²) in [7, 11) is 1.64. The van der Waals surface area contributed by atoms with E-state index in [1.54, 1.807) is 13.3 Å². The van der Waals surface area contributed by atoms with Crippen molar-refractivity contribution in [2.75, 3.05) is 13.6 Å².